The van der Waals surface area contributed by atoms with Gasteiger partial charge in [-0.3, -0.25) is 0 Å². The summed E-state index contributed by atoms with van der Waals surface area (Å²) in [6.07, 6.45) is 0.882. The molecule has 0 amide bonds. The Bertz CT molecular complexity index is 538. The maximum atomic E-state index is 12.0. The van der Waals surface area contributed by atoms with Crippen molar-refractivity contribution in [1.29, 1.82) is 0 Å². The fourth-order valence-corrected chi connectivity index (χ4v) is 3.37. The van der Waals surface area contributed by atoms with E-state index in [9.17, 15) is 13.5 Å². The third kappa shape index (κ3) is 4.71. The summed E-state index contributed by atoms with van der Waals surface area (Å²) in [7, 11) is -3.48. The molecule has 2 rings (SSSR count). The lowest BCUT2D eigenvalue weighted by molar-refractivity contribution is -0.0588. The molecule has 1 heterocycles. The number of hydrogen-bond acceptors (Lipinski definition) is 4. The van der Waals surface area contributed by atoms with Crippen molar-refractivity contribution in [3.8, 4) is 0 Å². The van der Waals surface area contributed by atoms with E-state index in [4.69, 9.17) is 16.3 Å². The first-order chi connectivity index (χ1) is 9.39. The highest BCUT2D eigenvalue weighted by Gasteiger charge is 2.31. The average Bonchev–Trinajstić information content (AvgIpc) is 2.40. The maximum Gasteiger partial charge on any atom is 0.215 e. The SMILES string of the molecule is O=S(=O)(Cc1ccc(Cl)cc1)NCC1(O)CCOCC1. The van der Waals surface area contributed by atoms with Gasteiger partial charge < -0.3 is 9.84 Å². The van der Waals surface area contributed by atoms with Crippen molar-refractivity contribution in [1.82, 2.24) is 4.72 Å². The number of aliphatic hydroxyl groups is 1. The molecule has 0 aliphatic carbocycles. The second kappa shape index (κ2) is 6.41. The smallest absolute Gasteiger partial charge is 0.215 e. The third-order valence-electron chi connectivity index (χ3n) is 3.31. The summed E-state index contributed by atoms with van der Waals surface area (Å²) >= 11 is 5.75. The zero-order valence-electron chi connectivity index (χ0n) is 11.0. The lowest BCUT2D eigenvalue weighted by Gasteiger charge is -2.31. The molecule has 1 aromatic rings. The van der Waals surface area contributed by atoms with Crippen LogP contribution in [0.25, 0.3) is 0 Å². The summed E-state index contributed by atoms with van der Waals surface area (Å²) in [5, 5.41) is 10.8. The van der Waals surface area contributed by atoms with Crippen molar-refractivity contribution in [3.05, 3.63) is 34.9 Å². The monoisotopic (exact) mass is 319 g/mol. The van der Waals surface area contributed by atoms with Gasteiger partial charge in [-0.1, -0.05) is 23.7 Å². The number of halogens is 1. The molecule has 0 unspecified atom stereocenters. The molecule has 20 heavy (non-hydrogen) atoms. The zero-order valence-corrected chi connectivity index (χ0v) is 12.6. The molecule has 7 heteroatoms. The topological polar surface area (TPSA) is 75.6 Å². The van der Waals surface area contributed by atoms with Crippen molar-refractivity contribution in [2.75, 3.05) is 19.8 Å². The molecule has 112 valence electrons. The molecule has 1 fully saturated rings. The van der Waals surface area contributed by atoms with Gasteiger partial charge in [0.15, 0.2) is 0 Å². The van der Waals surface area contributed by atoms with Crippen LogP contribution >= 0.6 is 11.6 Å². The first-order valence-corrected chi connectivity index (χ1v) is 8.44. The van der Waals surface area contributed by atoms with E-state index in [0.717, 1.165) is 0 Å². The summed E-state index contributed by atoms with van der Waals surface area (Å²) in [6.45, 7) is 0.928. The largest absolute Gasteiger partial charge is 0.388 e. The van der Waals surface area contributed by atoms with E-state index < -0.39 is 15.6 Å². The van der Waals surface area contributed by atoms with Crippen LogP contribution in [0.5, 0.6) is 0 Å². The Balaban J connectivity index is 1.92. The first kappa shape index (κ1) is 15.7. The molecule has 5 nitrogen and oxygen atoms in total. The lowest BCUT2D eigenvalue weighted by Crippen LogP contribution is -2.46. The van der Waals surface area contributed by atoms with Crippen molar-refractivity contribution in [3.63, 3.8) is 0 Å². The Morgan fingerprint density at radius 3 is 2.45 bits per heavy atom. The quantitative estimate of drug-likeness (QED) is 0.858. The Hall–Kier alpha value is -0.660. The summed E-state index contributed by atoms with van der Waals surface area (Å²) in [6, 6.07) is 6.65. The Labute approximate surface area is 124 Å². The highest BCUT2D eigenvalue weighted by molar-refractivity contribution is 7.88. The van der Waals surface area contributed by atoms with Crippen LogP contribution in [-0.4, -0.2) is 38.9 Å². The number of hydrogen-bond donors (Lipinski definition) is 2. The normalized spacial score (nSPS) is 18.9. The standard InChI is InChI=1S/C13H18ClNO4S/c14-12-3-1-11(2-4-12)9-20(17,18)15-10-13(16)5-7-19-8-6-13/h1-4,15-16H,5-10H2. The Morgan fingerprint density at radius 1 is 1.25 bits per heavy atom. The minimum Gasteiger partial charge on any atom is -0.388 e. The van der Waals surface area contributed by atoms with Crippen molar-refractivity contribution >= 4 is 21.6 Å². The van der Waals surface area contributed by atoms with Crippen LogP contribution in [0, 0.1) is 0 Å². The fourth-order valence-electron chi connectivity index (χ4n) is 2.02. The second-order valence-electron chi connectivity index (χ2n) is 5.04. The number of benzene rings is 1. The van der Waals surface area contributed by atoms with Gasteiger partial charge in [-0.2, -0.15) is 0 Å². The van der Waals surface area contributed by atoms with Gasteiger partial charge >= 0.3 is 0 Å². The van der Waals surface area contributed by atoms with Crippen LogP contribution in [0.15, 0.2) is 24.3 Å². The molecule has 0 saturated carbocycles. The van der Waals surface area contributed by atoms with Gasteiger partial charge in [0, 0.05) is 37.6 Å². The van der Waals surface area contributed by atoms with E-state index in [1.165, 1.54) is 0 Å². The summed E-state index contributed by atoms with van der Waals surface area (Å²) in [5.41, 5.74) is -0.355. The van der Waals surface area contributed by atoms with E-state index in [-0.39, 0.29) is 12.3 Å². The van der Waals surface area contributed by atoms with Crippen LogP contribution in [0.1, 0.15) is 18.4 Å². The minimum atomic E-state index is -3.48. The van der Waals surface area contributed by atoms with Gasteiger partial charge in [0.25, 0.3) is 0 Å². The molecular formula is C13H18ClNO4S. The molecular weight excluding hydrogens is 302 g/mol. The van der Waals surface area contributed by atoms with E-state index in [2.05, 4.69) is 4.72 Å². The van der Waals surface area contributed by atoms with Crippen molar-refractivity contribution in [2.45, 2.75) is 24.2 Å². The molecule has 1 aliphatic rings. The molecule has 0 atom stereocenters. The van der Waals surface area contributed by atoms with E-state index in [0.29, 0.717) is 36.6 Å². The van der Waals surface area contributed by atoms with Gasteiger partial charge in [-0.05, 0) is 17.7 Å². The Morgan fingerprint density at radius 2 is 1.85 bits per heavy atom. The van der Waals surface area contributed by atoms with E-state index >= 15 is 0 Å². The summed E-state index contributed by atoms with van der Waals surface area (Å²) < 4.78 is 31.6. The van der Waals surface area contributed by atoms with Crippen molar-refractivity contribution < 1.29 is 18.3 Å². The predicted molar refractivity (Wildman–Crippen MR) is 77.1 cm³/mol. The number of nitrogens with one attached hydrogen (secondary N) is 1. The van der Waals surface area contributed by atoms with Gasteiger partial charge in [0.1, 0.15) is 0 Å². The van der Waals surface area contributed by atoms with Crippen molar-refractivity contribution in [2.24, 2.45) is 0 Å². The van der Waals surface area contributed by atoms with E-state index in [1.807, 2.05) is 0 Å². The van der Waals surface area contributed by atoms with Gasteiger partial charge in [0.2, 0.25) is 10.0 Å². The second-order valence-corrected chi connectivity index (χ2v) is 7.29. The number of rotatable bonds is 5. The van der Waals surface area contributed by atoms with E-state index in [1.54, 1.807) is 24.3 Å². The van der Waals surface area contributed by atoms with Gasteiger partial charge in [-0.25, -0.2) is 13.1 Å². The van der Waals surface area contributed by atoms with Crippen LogP contribution < -0.4 is 4.72 Å². The Kier molecular flexibility index (Phi) is 5.04. The highest BCUT2D eigenvalue weighted by atomic mass is 35.5. The molecule has 1 aliphatic heterocycles. The first-order valence-electron chi connectivity index (χ1n) is 6.41. The predicted octanol–water partition coefficient (Wildman–Crippen LogP) is 1.30. The van der Waals surface area contributed by atoms with Crippen LogP contribution in [-0.2, 0) is 20.5 Å². The molecule has 1 saturated heterocycles. The fraction of sp³-hybridized carbons (Fsp3) is 0.538. The summed E-state index contributed by atoms with van der Waals surface area (Å²) in [5.74, 6) is -0.128. The average molecular weight is 320 g/mol. The van der Waals surface area contributed by atoms with Crippen LogP contribution in [0.3, 0.4) is 0 Å². The van der Waals surface area contributed by atoms with Gasteiger partial charge in [0.05, 0.1) is 11.4 Å². The van der Waals surface area contributed by atoms with Gasteiger partial charge in [-0.15, -0.1) is 0 Å². The third-order valence-corrected chi connectivity index (χ3v) is 4.86. The zero-order chi connectivity index (χ0) is 14.6. The molecule has 0 radical (unpaired) electrons. The minimum absolute atomic E-state index is 0.0201. The van der Waals surface area contributed by atoms with Crippen LogP contribution in [0.2, 0.25) is 5.02 Å². The highest BCUT2D eigenvalue weighted by Crippen LogP contribution is 2.20. The lowest BCUT2D eigenvalue weighted by atomic mass is 9.95. The molecule has 0 bridgehead atoms. The molecule has 0 aromatic heterocycles. The molecule has 2 N–H and O–H groups in total. The maximum absolute atomic E-state index is 12.0. The molecule has 1 aromatic carbocycles. The molecule has 0 spiro atoms. The summed E-state index contributed by atoms with van der Waals surface area (Å²) in [4.78, 5) is 0. The number of ether oxygens (including phenoxy) is 1. The van der Waals surface area contributed by atoms with Crippen LogP contribution in [0.4, 0.5) is 0 Å². The number of sulfonamides is 1.